The number of hydrogen-bond donors (Lipinski definition) is 3. The predicted molar refractivity (Wildman–Crippen MR) is 163 cm³/mol. The highest BCUT2D eigenvalue weighted by atomic mass is 35.5. The predicted octanol–water partition coefficient (Wildman–Crippen LogP) is 4.97. The van der Waals surface area contributed by atoms with Crippen molar-refractivity contribution in [2.45, 2.75) is 6.54 Å². The molecule has 1 aliphatic heterocycles. The molecule has 1 saturated heterocycles. The van der Waals surface area contributed by atoms with E-state index in [0.717, 1.165) is 24.4 Å². The average molecular weight is 646 g/mol. The number of aromatic nitrogens is 1. The van der Waals surface area contributed by atoms with Gasteiger partial charge in [0.25, 0.3) is 11.8 Å². The van der Waals surface area contributed by atoms with Crippen LogP contribution >= 0.6 is 46.1 Å². The number of benzene rings is 1. The van der Waals surface area contributed by atoms with Crippen LogP contribution in [0.1, 0.15) is 25.6 Å². The normalized spacial score (nSPS) is 14.8. The zero-order valence-electron chi connectivity index (χ0n) is 21.6. The lowest BCUT2D eigenvalue weighted by molar-refractivity contribution is 0.102. The van der Waals surface area contributed by atoms with E-state index in [4.69, 9.17) is 39.4 Å². The number of thiophene rings is 1. The van der Waals surface area contributed by atoms with Crippen molar-refractivity contribution >= 4 is 86.2 Å². The topological polar surface area (TPSA) is 118 Å². The van der Waals surface area contributed by atoms with Crippen LogP contribution in [0.3, 0.4) is 0 Å². The molecule has 214 valence electrons. The second kappa shape index (κ2) is 13.6. The molecule has 3 heterocycles. The van der Waals surface area contributed by atoms with E-state index in [0.29, 0.717) is 40.1 Å². The van der Waals surface area contributed by atoms with E-state index in [-0.39, 0.29) is 33.7 Å². The number of pyridine rings is 1. The fourth-order valence-electron chi connectivity index (χ4n) is 4.17. The maximum Gasteiger partial charge on any atom is 0.267 e. The third kappa shape index (κ3) is 7.71. The van der Waals surface area contributed by atoms with Crippen LogP contribution in [0.4, 0.5) is 17.2 Å². The molecule has 1 unspecified atom stereocenters. The summed E-state index contributed by atoms with van der Waals surface area (Å²) in [5.41, 5.74) is 1.71. The number of anilines is 3. The molecular weight excluding hydrogens is 619 g/mol. The Morgan fingerprint density at radius 3 is 2.48 bits per heavy atom. The van der Waals surface area contributed by atoms with Crippen molar-refractivity contribution in [3.63, 3.8) is 0 Å². The smallest absolute Gasteiger partial charge is 0.267 e. The van der Waals surface area contributed by atoms with Gasteiger partial charge in [0.2, 0.25) is 0 Å². The number of hydrogen-bond acceptors (Lipinski definition) is 8. The molecule has 2 amide bonds. The first kappa shape index (κ1) is 30.7. The summed E-state index contributed by atoms with van der Waals surface area (Å²) in [7, 11) is 3.71. The van der Waals surface area contributed by atoms with Crippen molar-refractivity contribution < 1.29 is 18.4 Å². The van der Waals surface area contributed by atoms with Crippen LogP contribution in [0.5, 0.6) is 0 Å². The number of amides is 2. The summed E-state index contributed by atoms with van der Waals surface area (Å²) < 4.78 is 20.3. The van der Waals surface area contributed by atoms with Gasteiger partial charge < -0.3 is 25.0 Å². The molecule has 40 heavy (non-hydrogen) atoms. The molecule has 1 aromatic carbocycles. The summed E-state index contributed by atoms with van der Waals surface area (Å²) in [6, 6.07) is 6.39. The number of nitrogens with one attached hydrogen (secondary N) is 2. The van der Waals surface area contributed by atoms with Gasteiger partial charge in [0.15, 0.2) is 11.1 Å². The Balaban J connectivity index is 1.67. The van der Waals surface area contributed by atoms with Crippen molar-refractivity contribution in [3.8, 4) is 0 Å². The fraction of sp³-hybridized carbons (Fsp3) is 0.320. The van der Waals surface area contributed by atoms with Gasteiger partial charge in [-0.15, -0.1) is 11.3 Å². The number of carbonyl (C=O) groups excluding carboxylic acids is 2. The molecule has 0 bridgehead atoms. The molecule has 0 aliphatic carbocycles. The molecule has 1 atom stereocenters. The first-order valence-corrected chi connectivity index (χ1v) is 15.3. The van der Waals surface area contributed by atoms with Gasteiger partial charge in [0.05, 0.1) is 27.0 Å². The summed E-state index contributed by atoms with van der Waals surface area (Å²) in [5, 5.41) is 8.39. The number of rotatable bonds is 9. The van der Waals surface area contributed by atoms with Crippen LogP contribution in [-0.4, -0.2) is 81.5 Å². The van der Waals surface area contributed by atoms with Crippen molar-refractivity contribution in [2.24, 2.45) is 0 Å². The minimum atomic E-state index is -2.00. The lowest BCUT2D eigenvalue weighted by atomic mass is 10.1. The molecule has 1 fully saturated rings. The minimum Gasteiger partial charge on any atom is -0.367 e. The number of likely N-dealkylation sites (N-methyl/N-ethyl adjacent to an activating group) is 1. The summed E-state index contributed by atoms with van der Waals surface area (Å²) in [5.74, 6) is -0.786. The molecule has 10 nitrogen and oxygen atoms in total. The Kier molecular flexibility index (Phi) is 10.4. The maximum absolute atomic E-state index is 13.5. The van der Waals surface area contributed by atoms with Gasteiger partial charge in [-0.3, -0.25) is 14.5 Å². The molecule has 0 radical (unpaired) electrons. The van der Waals surface area contributed by atoms with Crippen LogP contribution in [-0.2, 0) is 17.6 Å². The average Bonchev–Trinajstić information content (AvgIpc) is 3.25. The molecule has 4 rings (SSSR count). The number of carbonyl (C=O) groups is 2. The Morgan fingerprint density at radius 1 is 1.10 bits per heavy atom. The summed E-state index contributed by atoms with van der Waals surface area (Å²) in [6.45, 7) is 3.21. The number of halogens is 3. The highest BCUT2D eigenvalue weighted by Gasteiger charge is 2.26. The van der Waals surface area contributed by atoms with Crippen molar-refractivity contribution in [3.05, 3.63) is 66.9 Å². The fourth-order valence-corrected chi connectivity index (χ4v) is 6.20. The minimum absolute atomic E-state index is 0.0617. The summed E-state index contributed by atoms with van der Waals surface area (Å²) >= 11 is 18.1. The van der Waals surface area contributed by atoms with Gasteiger partial charge >= 0.3 is 0 Å². The first-order valence-electron chi connectivity index (χ1n) is 12.0. The molecule has 2 aromatic heterocycles. The molecule has 0 saturated carbocycles. The lowest BCUT2D eigenvalue weighted by Crippen LogP contribution is -2.45. The summed E-state index contributed by atoms with van der Waals surface area (Å²) in [4.78, 5) is 37.3. The van der Waals surface area contributed by atoms with Crippen LogP contribution in [0.2, 0.25) is 15.1 Å². The van der Waals surface area contributed by atoms with Gasteiger partial charge in [-0.05, 0) is 49.3 Å². The standard InChI is InChI=1S/C25H27Cl3N6O4S2/c1-32-5-7-34(8-6-32)19-10-17(27)9-18(24(35)30-20-4-3-16(26)11-29-20)22(19)31-25(36)23-21(28)15(13-39-23)12-33(2)14-40(37)38/h3-4,9-11,13H,5-8,12,14H2,1-2H3,(H,31,36)(H,37,38)(H,29,30,35). The summed E-state index contributed by atoms with van der Waals surface area (Å²) in [6.07, 6.45) is 1.42. The Bertz CT molecular complexity index is 1410. The van der Waals surface area contributed by atoms with E-state index in [9.17, 15) is 13.8 Å². The largest absolute Gasteiger partial charge is 0.367 e. The SMILES string of the molecule is CN1CCN(c2cc(Cl)cc(C(=O)Nc3ccc(Cl)cn3)c2NC(=O)c2scc(CN(C)CS(=O)O)c2Cl)CC1. The quantitative estimate of drug-likeness (QED) is 0.279. The second-order valence-electron chi connectivity index (χ2n) is 9.28. The second-order valence-corrected chi connectivity index (χ2v) is 12.3. The molecule has 3 N–H and O–H groups in total. The maximum atomic E-state index is 13.5. The van der Waals surface area contributed by atoms with E-state index in [1.807, 2.05) is 7.05 Å². The van der Waals surface area contributed by atoms with Gasteiger partial charge in [0, 0.05) is 43.9 Å². The highest BCUT2D eigenvalue weighted by molar-refractivity contribution is 7.79. The van der Waals surface area contributed by atoms with Gasteiger partial charge in [-0.2, -0.15) is 0 Å². The van der Waals surface area contributed by atoms with E-state index in [1.165, 1.54) is 12.3 Å². The monoisotopic (exact) mass is 644 g/mol. The van der Waals surface area contributed by atoms with Gasteiger partial charge in [-0.1, -0.05) is 34.8 Å². The van der Waals surface area contributed by atoms with Gasteiger partial charge in [-0.25, -0.2) is 9.19 Å². The van der Waals surface area contributed by atoms with Crippen molar-refractivity contribution in [1.29, 1.82) is 0 Å². The molecule has 15 heteroatoms. The van der Waals surface area contributed by atoms with Crippen LogP contribution < -0.4 is 15.5 Å². The van der Waals surface area contributed by atoms with E-state index in [2.05, 4.69) is 25.4 Å². The number of nitrogens with zero attached hydrogens (tertiary/aromatic N) is 4. The molecule has 0 spiro atoms. The van der Waals surface area contributed by atoms with Crippen molar-refractivity contribution in [2.75, 3.05) is 61.7 Å². The van der Waals surface area contributed by atoms with Crippen LogP contribution in [0, 0.1) is 0 Å². The van der Waals surface area contributed by atoms with E-state index in [1.54, 1.807) is 35.5 Å². The molecule has 3 aromatic rings. The van der Waals surface area contributed by atoms with Crippen LogP contribution in [0.15, 0.2) is 35.8 Å². The molecular formula is C25H27Cl3N6O4S2. The Hall–Kier alpha value is -2.29. The Morgan fingerprint density at radius 2 is 1.82 bits per heavy atom. The van der Waals surface area contributed by atoms with E-state index < -0.39 is 22.9 Å². The van der Waals surface area contributed by atoms with E-state index >= 15 is 0 Å². The van der Waals surface area contributed by atoms with Crippen LogP contribution in [0.25, 0.3) is 0 Å². The zero-order valence-corrected chi connectivity index (χ0v) is 25.5. The molecule has 1 aliphatic rings. The third-order valence-corrected chi connectivity index (χ3v) is 8.83. The highest BCUT2D eigenvalue weighted by Crippen LogP contribution is 2.37. The third-order valence-electron chi connectivity index (χ3n) is 6.16. The number of piperazine rings is 1. The van der Waals surface area contributed by atoms with Gasteiger partial charge in [0.1, 0.15) is 16.6 Å². The Labute approximate surface area is 253 Å². The first-order chi connectivity index (χ1) is 19.0. The zero-order chi connectivity index (χ0) is 29.0. The van der Waals surface area contributed by atoms with Crippen molar-refractivity contribution in [1.82, 2.24) is 14.8 Å². The lowest BCUT2D eigenvalue weighted by Gasteiger charge is -2.35.